The molecular weight excluding hydrogens is 424 g/mol. The van der Waals surface area contributed by atoms with Crippen LogP contribution in [0.5, 0.6) is 0 Å². The molecule has 1 N–H and O–H groups in total. The zero-order chi connectivity index (χ0) is 21.8. The molecule has 9 nitrogen and oxygen atoms in total. The standard InChI is InChI=1S/C22H24N8OS/c1-31-13-12-29-8-10-30(11-9-29)17-5-6-23-20(14-17)28-22-27-19-3-2-18(26-21(19)32-22)16-4-7-24-25-15-16/h2-7,14-15H,8-13H2,1H3,(H,23,27,28). The minimum absolute atomic E-state index is 0.770. The van der Waals surface area contributed by atoms with Gasteiger partial charge in [0.25, 0.3) is 0 Å². The molecular formula is C22H24N8OS. The smallest absolute Gasteiger partial charge is 0.190 e. The van der Waals surface area contributed by atoms with Gasteiger partial charge in [-0.3, -0.25) is 4.90 Å². The number of hydrogen-bond donors (Lipinski definition) is 1. The zero-order valence-electron chi connectivity index (χ0n) is 17.8. The highest BCUT2D eigenvalue weighted by Crippen LogP contribution is 2.29. The molecule has 10 heteroatoms. The molecule has 0 aliphatic carbocycles. The summed E-state index contributed by atoms with van der Waals surface area (Å²) in [6.45, 7) is 5.82. The van der Waals surface area contributed by atoms with E-state index in [1.54, 1.807) is 19.5 Å². The number of nitrogens with zero attached hydrogens (tertiary/aromatic N) is 7. The lowest BCUT2D eigenvalue weighted by atomic mass is 10.2. The van der Waals surface area contributed by atoms with Gasteiger partial charge in [-0.05, 0) is 24.3 Å². The molecule has 5 heterocycles. The van der Waals surface area contributed by atoms with Crippen LogP contribution in [0.15, 0.2) is 48.9 Å². The maximum Gasteiger partial charge on any atom is 0.190 e. The van der Waals surface area contributed by atoms with E-state index in [-0.39, 0.29) is 0 Å². The molecule has 0 bridgehead atoms. The highest BCUT2D eigenvalue weighted by atomic mass is 32.1. The minimum Gasteiger partial charge on any atom is -0.383 e. The fourth-order valence-corrected chi connectivity index (χ4v) is 4.56. The molecule has 5 rings (SSSR count). The Morgan fingerprint density at radius 1 is 1.03 bits per heavy atom. The van der Waals surface area contributed by atoms with Gasteiger partial charge in [-0.15, -0.1) is 0 Å². The number of nitrogens with one attached hydrogen (secondary N) is 1. The van der Waals surface area contributed by atoms with Gasteiger partial charge >= 0.3 is 0 Å². The van der Waals surface area contributed by atoms with Crippen molar-refractivity contribution in [3.05, 3.63) is 48.9 Å². The number of rotatable bonds is 7. The number of ether oxygens (including phenoxy) is 1. The minimum atomic E-state index is 0.770. The normalized spacial score (nSPS) is 14.7. The summed E-state index contributed by atoms with van der Waals surface area (Å²) in [6.07, 6.45) is 5.22. The molecule has 0 amide bonds. The second-order valence-electron chi connectivity index (χ2n) is 7.52. The van der Waals surface area contributed by atoms with Gasteiger partial charge in [-0.1, -0.05) is 11.3 Å². The second-order valence-corrected chi connectivity index (χ2v) is 8.49. The van der Waals surface area contributed by atoms with Crippen molar-refractivity contribution < 1.29 is 4.74 Å². The molecule has 1 saturated heterocycles. The maximum atomic E-state index is 5.19. The van der Waals surface area contributed by atoms with Crippen molar-refractivity contribution in [3.63, 3.8) is 0 Å². The Bertz CT molecular complexity index is 1180. The van der Waals surface area contributed by atoms with Gasteiger partial charge in [0.15, 0.2) is 5.13 Å². The number of aromatic nitrogens is 5. The Hall–Kier alpha value is -3.21. The first-order valence-electron chi connectivity index (χ1n) is 10.5. The predicted molar refractivity (Wildman–Crippen MR) is 126 cm³/mol. The summed E-state index contributed by atoms with van der Waals surface area (Å²) in [7, 11) is 1.75. The van der Waals surface area contributed by atoms with E-state index in [1.807, 2.05) is 24.4 Å². The number of piperazine rings is 1. The van der Waals surface area contributed by atoms with Crippen molar-refractivity contribution in [1.82, 2.24) is 30.0 Å². The molecule has 1 aliphatic heterocycles. The number of thiazole rings is 1. The Balaban J connectivity index is 1.28. The summed E-state index contributed by atoms with van der Waals surface area (Å²) in [5, 5.41) is 11.9. The molecule has 4 aromatic heterocycles. The van der Waals surface area contributed by atoms with Gasteiger partial charge in [0.1, 0.15) is 16.2 Å². The molecule has 0 atom stereocenters. The zero-order valence-corrected chi connectivity index (χ0v) is 18.6. The van der Waals surface area contributed by atoms with Gasteiger partial charge in [-0.25, -0.2) is 15.0 Å². The van der Waals surface area contributed by atoms with E-state index < -0.39 is 0 Å². The van der Waals surface area contributed by atoms with Crippen LogP contribution < -0.4 is 10.2 Å². The Morgan fingerprint density at radius 3 is 2.75 bits per heavy atom. The number of methoxy groups -OCH3 is 1. The van der Waals surface area contributed by atoms with Crippen LogP contribution in [-0.4, -0.2) is 76.5 Å². The van der Waals surface area contributed by atoms with Crippen LogP contribution in [0.3, 0.4) is 0 Å². The third kappa shape index (κ3) is 4.67. The molecule has 1 fully saturated rings. The average molecular weight is 449 g/mol. The monoisotopic (exact) mass is 448 g/mol. The number of hydrogen-bond acceptors (Lipinski definition) is 10. The molecule has 164 valence electrons. The number of fused-ring (bicyclic) bond motifs is 1. The fourth-order valence-electron chi connectivity index (χ4n) is 3.72. The van der Waals surface area contributed by atoms with Crippen LogP contribution in [0, 0.1) is 0 Å². The van der Waals surface area contributed by atoms with E-state index in [0.717, 1.165) is 71.9 Å². The molecule has 0 spiro atoms. The van der Waals surface area contributed by atoms with Crippen LogP contribution >= 0.6 is 11.3 Å². The van der Waals surface area contributed by atoms with Crippen LogP contribution in [-0.2, 0) is 4.74 Å². The van der Waals surface area contributed by atoms with E-state index in [1.165, 1.54) is 17.0 Å². The average Bonchev–Trinajstić information content (AvgIpc) is 3.25. The lowest BCUT2D eigenvalue weighted by Gasteiger charge is -2.36. The first kappa shape index (κ1) is 20.7. The summed E-state index contributed by atoms with van der Waals surface area (Å²) in [6, 6.07) is 9.97. The number of anilines is 3. The van der Waals surface area contributed by atoms with Gasteiger partial charge < -0.3 is 15.0 Å². The topological polar surface area (TPSA) is 92.2 Å². The van der Waals surface area contributed by atoms with E-state index in [9.17, 15) is 0 Å². The maximum absolute atomic E-state index is 5.19. The van der Waals surface area contributed by atoms with Gasteiger partial charge in [0, 0.05) is 63.3 Å². The highest BCUT2D eigenvalue weighted by molar-refractivity contribution is 7.21. The van der Waals surface area contributed by atoms with Crippen LogP contribution in [0.2, 0.25) is 0 Å². The summed E-state index contributed by atoms with van der Waals surface area (Å²) < 4.78 is 5.19. The van der Waals surface area contributed by atoms with Crippen LogP contribution in [0.1, 0.15) is 0 Å². The van der Waals surface area contributed by atoms with Crippen molar-refractivity contribution >= 4 is 38.3 Å². The van der Waals surface area contributed by atoms with Gasteiger partial charge in [-0.2, -0.15) is 10.2 Å². The number of pyridine rings is 2. The van der Waals surface area contributed by atoms with E-state index in [4.69, 9.17) is 9.72 Å². The Morgan fingerprint density at radius 2 is 1.94 bits per heavy atom. The summed E-state index contributed by atoms with van der Waals surface area (Å²) >= 11 is 1.51. The van der Waals surface area contributed by atoms with Crippen molar-refractivity contribution in [2.24, 2.45) is 0 Å². The third-order valence-electron chi connectivity index (χ3n) is 5.46. The first-order valence-corrected chi connectivity index (χ1v) is 11.3. The Labute approximate surface area is 190 Å². The van der Waals surface area contributed by atoms with Gasteiger partial charge in [0.05, 0.1) is 24.7 Å². The molecule has 0 aromatic carbocycles. The second kappa shape index (κ2) is 9.51. The molecule has 1 aliphatic rings. The summed E-state index contributed by atoms with van der Waals surface area (Å²) in [5.74, 6) is 0.780. The van der Waals surface area contributed by atoms with E-state index >= 15 is 0 Å². The first-order chi connectivity index (χ1) is 15.8. The highest BCUT2D eigenvalue weighted by Gasteiger charge is 2.17. The predicted octanol–water partition coefficient (Wildman–Crippen LogP) is 3.06. The van der Waals surface area contributed by atoms with Crippen LogP contribution in [0.25, 0.3) is 21.6 Å². The van der Waals surface area contributed by atoms with Crippen molar-refractivity contribution in [3.8, 4) is 11.3 Å². The molecule has 0 unspecified atom stereocenters. The Kier molecular flexibility index (Phi) is 6.15. The molecule has 4 aromatic rings. The molecule has 32 heavy (non-hydrogen) atoms. The summed E-state index contributed by atoms with van der Waals surface area (Å²) in [4.78, 5) is 19.6. The molecule has 0 saturated carbocycles. The fraction of sp³-hybridized carbons (Fsp3) is 0.318. The molecule has 0 radical (unpaired) electrons. The van der Waals surface area contributed by atoms with Crippen molar-refractivity contribution in [2.45, 2.75) is 0 Å². The van der Waals surface area contributed by atoms with Crippen LogP contribution in [0.4, 0.5) is 16.6 Å². The van der Waals surface area contributed by atoms with E-state index in [0.29, 0.717) is 0 Å². The quantitative estimate of drug-likeness (QED) is 0.458. The van der Waals surface area contributed by atoms with E-state index in [2.05, 4.69) is 47.4 Å². The lowest BCUT2D eigenvalue weighted by molar-refractivity contribution is 0.144. The third-order valence-corrected chi connectivity index (χ3v) is 6.34. The summed E-state index contributed by atoms with van der Waals surface area (Å²) in [5.41, 5.74) is 3.81. The van der Waals surface area contributed by atoms with Crippen molar-refractivity contribution in [1.29, 1.82) is 0 Å². The van der Waals surface area contributed by atoms with Crippen molar-refractivity contribution in [2.75, 3.05) is 56.7 Å². The lowest BCUT2D eigenvalue weighted by Crippen LogP contribution is -2.47. The van der Waals surface area contributed by atoms with Gasteiger partial charge in [0.2, 0.25) is 0 Å². The SMILES string of the molecule is COCCN1CCN(c2ccnc(Nc3nc4ccc(-c5ccnnc5)nc4s3)c2)CC1. The largest absolute Gasteiger partial charge is 0.383 e.